The molecule has 2 aliphatic rings. The molecule has 7 heteroatoms. The molecule has 2 aromatic rings. The molecule has 4 rings (SSSR count). The molecule has 6 nitrogen and oxygen atoms in total. The molecule has 4 heterocycles. The van der Waals surface area contributed by atoms with Crippen LogP contribution in [0, 0.1) is 5.41 Å². The van der Waals surface area contributed by atoms with Gasteiger partial charge in [0.05, 0.1) is 0 Å². The predicted molar refractivity (Wildman–Crippen MR) is 100 cm³/mol. The normalized spacial score (nSPS) is 19.6. The van der Waals surface area contributed by atoms with Crippen molar-refractivity contribution >= 4 is 23.5 Å². The van der Waals surface area contributed by atoms with Crippen LogP contribution in [0.5, 0.6) is 0 Å². The fraction of sp³-hybridized carbons (Fsp3) is 0.474. The number of hydrogen-bond acceptors (Lipinski definition) is 5. The van der Waals surface area contributed by atoms with E-state index in [-0.39, 0.29) is 11.3 Å². The summed E-state index contributed by atoms with van der Waals surface area (Å²) in [4.78, 5) is 29.8. The molecule has 2 aromatic heterocycles. The standard InChI is InChI=1S/C19H22ClN5O/c20-16-5-1-4-15(23-16)17(26)24-12-7-19(8-13-24)6-2-11-25(14-19)18-21-9-3-10-22-18/h1,3-5,9-10H,2,6-8,11-14H2. The molecule has 0 aliphatic carbocycles. The molecule has 0 atom stereocenters. The van der Waals surface area contributed by atoms with Gasteiger partial charge in [-0.1, -0.05) is 17.7 Å². The summed E-state index contributed by atoms with van der Waals surface area (Å²) in [6.45, 7) is 3.49. The number of rotatable bonds is 2. The molecular weight excluding hydrogens is 350 g/mol. The van der Waals surface area contributed by atoms with Crippen molar-refractivity contribution in [1.82, 2.24) is 19.9 Å². The summed E-state index contributed by atoms with van der Waals surface area (Å²) >= 11 is 5.92. The maximum absolute atomic E-state index is 12.7. The van der Waals surface area contributed by atoms with Crippen LogP contribution in [0.1, 0.15) is 36.2 Å². The number of piperidine rings is 2. The zero-order chi connectivity index (χ0) is 18.0. The van der Waals surface area contributed by atoms with Crippen LogP contribution in [-0.4, -0.2) is 51.9 Å². The number of aromatic nitrogens is 3. The Hall–Kier alpha value is -2.21. The Morgan fingerprint density at radius 2 is 1.81 bits per heavy atom. The number of halogens is 1. The van der Waals surface area contributed by atoms with Crippen LogP contribution < -0.4 is 4.90 Å². The summed E-state index contributed by atoms with van der Waals surface area (Å²) in [5.41, 5.74) is 0.673. The second-order valence-electron chi connectivity index (χ2n) is 7.21. The summed E-state index contributed by atoms with van der Waals surface area (Å²) in [5, 5.41) is 0.357. The fourth-order valence-corrected chi connectivity index (χ4v) is 4.28. The van der Waals surface area contributed by atoms with E-state index in [0.29, 0.717) is 10.8 Å². The lowest BCUT2D eigenvalue weighted by atomic mass is 9.72. The quantitative estimate of drug-likeness (QED) is 0.759. The Balaban J connectivity index is 1.42. The first-order valence-electron chi connectivity index (χ1n) is 9.09. The Morgan fingerprint density at radius 3 is 2.54 bits per heavy atom. The van der Waals surface area contributed by atoms with Crippen LogP contribution in [0.4, 0.5) is 5.95 Å². The first-order chi connectivity index (χ1) is 12.7. The van der Waals surface area contributed by atoms with Gasteiger partial charge >= 0.3 is 0 Å². The van der Waals surface area contributed by atoms with Gasteiger partial charge in [-0.3, -0.25) is 4.79 Å². The van der Waals surface area contributed by atoms with E-state index in [9.17, 15) is 4.79 Å². The van der Waals surface area contributed by atoms with Crippen molar-refractivity contribution in [1.29, 1.82) is 0 Å². The number of anilines is 1. The van der Waals surface area contributed by atoms with Gasteiger partial charge in [-0.05, 0) is 49.3 Å². The van der Waals surface area contributed by atoms with Crippen LogP contribution in [-0.2, 0) is 0 Å². The van der Waals surface area contributed by atoms with E-state index in [0.717, 1.165) is 51.4 Å². The Morgan fingerprint density at radius 1 is 1.04 bits per heavy atom. The average molecular weight is 372 g/mol. The third-order valence-corrected chi connectivity index (χ3v) is 5.75. The fourth-order valence-electron chi connectivity index (χ4n) is 4.11. The van der Waals surface area contributed by atoms with Crippen molar-refractivity contribution in [3.8, 4) is 0 Å². The zero-order valence-corrected chi connectivity index (χ0v) is 15.4. The minimum Gasteiger partial charge on any atom is -0.340 e. The highest BCUT2D eigenvalue weighted by Gasteiger charge is 2.40. The minimum atomic E-state index is -0.0265. The van der Waals surface area contributed by atoms with Crippen molar-refractivity contribution in [3.05, 3.63) is 47.5 Å². The van der Waals surface area contributed by atoms with E-state index < -0.39 is 0 Å². The molecule has 0 saturated carbocycles. The lowest BCUT2D eigenvalue weighted by Crippen LogP contribution is -2.51. The van der Waals surface area contributed by atoms with Crippen molar-refractivity contribution < 1.29 is 4.79 Å². The van der Waals surface area contributed by atoms with Gasteiger partial charge in [0.1, 0.15) is 10.8 Å². The largest absolute Gasteiger partial charge is 0.340 e. The SMILES string of the molecule is O=C(c1cccc(Cl)n1)N1CCC2(CCCN(c3ncccn3)C2)CC1. The number of hydrogen-bond donors (Lipinski definition) is 0. The molecule has 0 aromatic carbocycles. The monoisotopic (exact) mass is 371 g/mol. The number of nitrogens with zero attached hydrogens (tertiary/aromatic N) is 5. The number of amides is 1. The average Bonchev–Trinajstić information content (AvgIpc) is 2.69. The van der Waals surface area contributed by atoms with E-state index in [1.165, 1.54) is 6.42 Å². The summed E-state index contributed by atoms with van der Waals surface area (Å²) in [6, 6.07) is 7.03. The molecular formula is C19H22ClN5O. The van der Waals surface area contributed by atoms with E-state index in [4.69, 9.17) is 11.6 Å². The topological polar surface area (TPSA) is 62.2 Å². The summed E-state index contributed by atoms with van der Waals surface area (Å²) < 4.78 is 0. The molecule has 2 saturated heterocycles. The maximum Gasteiger partial charge on any atom is 0.272 e. The smallest absolute Gasteiger partial charge is 0.272 e. The first kappa shape index (κ1) is 17.2. The summed E-state index contributed by atoms with van der Waals surface area (Å²) in [7, 11) is 0. The molecule has 2 aliphatic heterocycles. The number of likely N-dealkylation sites (tertiary alicyclic amines) is 1. The minimum absolute atomic E-state index is 0.0265. The first-order valence-corrected chi connectivity index (χ1v) is 9.47. The van der Waals surface area contributed by atoms with Gasteiger partial charge in [-0.15, -0.1) is 0 Å². The number of carbonyl (C=O) groups is 1. The van der Waals surface area contributed by atoms with Gasteiger partial charge in [-0.2, -0.15) is 0 Å². The predicted octanol–water partition coefficient (Wildman–Crippen LogP) is 3.05. The van der Waals surface area contributed by atoms with E-state index in [1.54, 1.807) is 30.6 Å². The van der Waals surface area contributed by atoms with Crippen molar-refractivity contribution in [2.45, 2.75) is 25.7 Å². The van der Waals surface area contributed by atoms with Gasteiger partial charge in [0.2, 0.25) is 5.95 Å². The van der Waals surface area contributed by atoms with Crippen LogP contribution in [0.25, 0.3) is 0 Å². The second-order valence-corrected chi connectivity index (χ2v) is 7.60. The van der Waals surface area contributed by atoms with Crippen molar-refractivity contribution in [2.24, 2.45) is 5.41 Å². The Kier molecular flexibility index (Phi) is 4.76. The Bertz CT molecular complexity index is 777. The summed E-state index contributed by atoms with van der Waals surface area (Å²) in [5.74, 6) is 0.787. The zero-order valence-electron chi connectivity index (χ0n) is 14.6. The maximum atomic E-state index is 12.7. The summed E-state index contributed by atoms with van der Waals surface area (Å²) in [6.07, 6.45) is 7.94. The lowest BCUT2D eigenvalue weighted by Gasteiger charge is -2.47. The molecule has 26 heavy (non-hydrogen) atoms. The molecule has 0 unspecified atom stereocenters. The third kappa shape index (κ3) is 3.51. The van der Waals surface area contributed by atoms with Crippen LogP contribution >= 0.6 is 11.6 Å². The van der Waals surface area contributed by atoms with Gasteiger partial charge < -0.3 is 9.80 Å². The van der Waals surface area contributed by atoms with E-state index in [1.807, 2.05) is 11.0 Å². The second kappa shape index (κ2) is 7.19. The molecule has 136 valence electrons. The third-order valence-electron chi connectivity index (χ3n) is 5.54. The molecule has 0 radical (unpaired) electrons. The van der Waals surface area contributed by atoms with Gasteiger partial charge in [-0.25, -0.2) is 15.0 Å². The Labute approximate surface area is 158 Å². The van der Waals surface area contributed by atoms with Crippen molar-refractivity contribution in [3.63, 3.8) is 0 Å². The van der Waals surface area contributed by atoms with E-state index >= 15 is 0 Å². The van der Waals surface area contributed by atoms with Gasteiger partial charge in [0, 0.05) is 38.6 Å². The van der Waals surface area contributed by atoms with Gasteiger partial charge in [0.15, 0.2) is 0 Å². The molecule has 2 fully saturated rings. The highest BCUT2D eigenvalue weighted by Crippen LogP contribution is 2.40. The van der Waals surface area contributed by atoms with Crippen LogP contribution in [0.2, 0.25) is 5.15 Å². The van der Waals surface area contributed by atoms with Crippen LogP contribution in [0.3, 0.4) is 0 Å². The highest BCUT2D eigenvalue weighted by molar-refractivity contribution is 6.29. The van der Waals surface area contributed by atoms with E-state index in [2.05, 4.69) is 19.9 Å². The van der Waals surface area contributed by atoms with Gasteiger partial charge in [0.25, 0.3) is 5.91 Å². The highest BCUT2D eigenvalue weighted by atomic mass is 35.5. The van der Waals surface area contributed by atoms with Crippen LogP contribution in [0.15, 0.2) is 36.7 Å². The number of carbonyl (C=O) groups excluding carboxylic acids is 1. The number of pyridine rings is 1. The lowest BCUT2D eigenvalue weighted by molar-refractivity contribution is 0.0534. The molecule has 0 bridgehead atoms. The molecule has 1 amide bonds. The van der Waals surface area contributed by atoms with Crippen molar-refractivity contribution in [2.75, 3.05) is 31.1 Å². The molecule has 0 N–H and O–H groups in total. The molecule has 1 spiro atoms.